The van der Waals surface area contributed by atoms with Crippen LogP contribution in [0, 0.1) is 0 Å². The van der Waals surface area contributed by atoms with Gasteiger partial charge in [-0.2, -0.15) is 0 Å². The summed E-state index contributed by atoms with van der Waals surface area (Å²) in [5, 5.41) is 6.94. The highest BCUT2D eigenvalue weighted by molar-refractivity contribution is 5.91. The van der Waals surface area contributed by atoms with Gasteiger partial charge in [-0.05, 0) is 6.42 Å². The lowest BCUT2D eigenvalue weighted by Crippen LogP contribution is -2.15. The minimum Gasteiger partial charge on any atom is -0.364 e. The molecular weight excluding hydrogens is 230 g/mol. The Hall–Kier alpha value is -1.53. The van der Waals surface area contributed by atoms with Crippen LogP contribution in [0.5, 0.6) is 0 Å². The second-order valence-corrected chi connectivity index (χ2v) is 3.77. The number of carbonyl (C=O) groups excluding carboxylic acids is 1. The van der Waals surface area contributed by atoms with E-state index in [0.29, 0.717) is 6.54 Å². The number of nitrogens with two attached hydrogens (primary N) is 1. The first-order valence-corrected chi connectivity index (χ1v) is 5.59. The Morgan fingerprint density at radius 2 is 2.12 bits per heavy atom. The number of hydrogen-bond acceptors (Lipinski definition) is 3. The van der Waals surface area contributed by atoms with Crippen LogP contribution >= 0.6 is 0 Å². The maximum atomic E-state index is 12.7. The molecule has 0 atom stereocenters. The fourth-order valence-corrected chi connectivity index (χ4v) is 1.57. The minimum absolute atomic E-state index is 0.333. The van der Waals surface area contributed by atoms with Gasteiger partial charge in [0.2, 0.25) is 0 Å². The van der Waals surface area contributed by atoms with Crippen molar-refractivity contribution < 1.29 is 13.6 Å². The molecule has 17 heavy (non-hydrogen) atoms. The van der Waals surface area contributed by atoms with Crippen molar-refractivity contribution in [2.24, 2.45) is 5.73 Å². The molecule has 1 amide bonds. The summed E-state index contributed by atoms with van der Waals surface area (Å²) in [6.07, 6.45) is 0.978. The molecule has 2 N–H and O–H groups in total. The zero-order valence-electron chi connectivity index (χ0n) is 9.70. The molecule has 0 saturated heterocycles. The van der Waals surface area contributed by atoms with E-state index in [1.54, 1.807) is 0 Å². The highest BCUT2D eigenvalue weighted by Crippen LogP contribution is 2.21. The first-order chi connectivity index (χ1) is 8.07. The summed E-state index contributed by atoms with van der Waals surface area (Å²) < 4.78 is 26.6. The van der Waals surface area contributed by atoms with Crippen molar-refractivity contribution in [3.8, 4) is 0 Å². The maximum absolute atomic E-state index is 12.7. The Morgan fingerprint density at radius 1 is 1.41 bits per heavy atom. The highest BCUT2D eigenvalue weighted by Gasteiger charge is 2.24. The van der Waals surface area contributed by atoms with Gasteiger partial charge in [-0.3, -0.25) is 4.79 Å². The second kappa shape index (κ2) is 6.27. The third kappa shape index (κ3) is 3.47. The Morgan fingerprint density at radius 3 is 2.65 bits per heavy atom. The molecule has 0 bridgehead atoms. The summed E-state index contributed by atoms with van der Waals surface area (Å²) >= 11 is 0. The first-order valence-electron chi connectivity index (χ1n) is 5.59. The van der Waals surface area contributed by atoms with E-state index in [0.717, 1.165) is 30.4 Å². The standard InChI is InChI=1S/C10H16F2N4O/c1-2-3-4-5-6-16-8(9(11)12)7(10(13)17)14-15-16/h9H,2-6H2,1H3,(H2,13,17). The largest absolute Gasteiger partial charge is 0.364 e. The molecule has 0 aromatic carbocycles. The molecule has 0 saturated carbocycles. The second-order valence-electron chi connectivity index (χ2n) is 3.77. The lowest BCUT2D eigenvalue weighted by atomic mass is 10.2. The number of aromatic nitrogens is 3. The number of halogens is 2. The first kappa shape index (κ1) is 13.5. The van der Waals surface area contributed by atoms with Gasteiger partial charge in [0.25, 0.3) is 12.3 Å². The Labute approximate surface area is 98.0 Å². The van der Waals surface area contributed by atoms with E-state index < -0.39 is 23.7 Å². The summed E-state index contributed by atoms with van der Waals surface area (Å²) in [4.78, 5) is 10.9. The Kier molecular flexibility index (Phi) is 4.99. The molecular formula is C10H16F2N4O. The normalized spacial score (nSPS) is 11.1. The molecule has 0 aliphatic heterocycles. The van der Waals surface area contributed by atoms with Gasteiger partial charge in [0.15, 0.2) is 5.69 Å². The average molecular weight is 246 g/mol. The summed E-state index contributed by atoms with van der Waals surface area (Å²) in [5.41, 5.74) is 4.04. The highest BCUT2D eigenvalue weighted by atomic mass is 19.3. The van der Waals surface area contributed by atoms with Gasteiger partial charge in [-0.1, -0.05) is 31.4 Å². The average Bonchev–Trinajstić information content (AvgIpc) is 2.68. The minimum atomic E-state index is -2.79. The molecule has 0 aliphatic rings. The number of amides is 1. The van der Waals surface area contributed by atoms with Crippen LogP contribution in [0.1, 0.15) is 55.2 Å². The lowest BCUT2D eigenvalue weighted by Gasteiger charge is -2.05. The zero-order valence-corrected chi connectivity index (χ0v) is 9.70. The van der Waals surface area contributed by atoms with Crippen LogP contribution in [0.2, 0.25) is 0 Å². The third-order valence-corrected chi connectivity index (χ3v) is 2.44. The summed E-state index contributed by atoms with van der Waals surface area (Å²) in [6, 6.07) is 0. The molecule has 96 valence electrons. The van der Waals surface area contributed by atoms with Gasteiger partial charge >= 0.3 is 0 Å². The van der Waals surface area contributed by atoms with Crippen LogP contribution in [0.25, 0.3) is 0 Å². The van der Waals surface area contributed by atoms with Crippen LogP contribution < -0.4 is 5.73 Å². The van der Waals surface area contributed by atoms with E-state index in [9.17, 15) is 13.6 Å². The van der Waals surface area contributed by atoms with Crippen LogP contribution in [0.15, 0.2) is 0 Å². The molecule has 5 nitrogen and oxygen atoms in total. The molecule has 0 aliphatic carbocycles. The predicted molar refractivity (Wildman–Crippen MR) is 57.6 cm³/mol. The number of aryl methyl sites for hydroxylation is 1. The van der Waals surface area contributed by atoms with E-state index in [4.69, 9.17) is 5.73 Å². The van der Waals surface area contributed by atoms with E-state index in [1.165, 1.54) is 0 Å². The smallest absolute Gasteiger partial charge is 0.282 e. The van der Waals surface area contributed by atoms with Gasteiger partial charge in [-0.25, -0.2) is 13.5 Å². The van der Waals surface area contributed by atoms with Crippen molar-refractivity contribution in [1.29, 1.82) is 0 Å². The lowest BCUT2D eigenvalue weighted by molar-refractivity contribution is 0.0976. The Bertz CT molecular complexity index is 378. The van der Waals surface area contributed by atoms with Crippen LogP contribution in [-0.4, -0.2) is 20.9 Å². The Balaban J connectivity index is 2.74. The van der Waals surface area contributed by atoms with E-state index in [2.05, 4.69) is 17.2 Å². The summed E-state index contributed by atoms with van der Waals surface area (Å²) in [7, 11) is 0. The number of nitrogens with zero attached hydrogens (tertiary/aromatic N) is 3. The SMILES string of the molecule is CCCCCCn1nnc(C(N)=O)c1C(F)F. The number of rotatable bonds is 7. The predicted octanol–water partition coefficient (Wildman–Crippen LogP) is 1.89. The number of primary amides is 1. The molecule has 1 heterocycles. The number of unbranched alkanes of at least 4 members (excludes halogenated alkanes) is 3. The molecule has 7 heteroatoms. The molecule has 0 spiro atoms. The maximum Gasteiger partial charge on any atom is 0.282 e. The van der Waals surface area contributed by atoms with E-state index in [-0.39, 0.29) is 0 Å². The summed E-state index contributed by atoms with van der Waals surface area (Å²) in [5.74, 6) is -0.972. The molecule has 1 rings (SSSR count). The topological polar surface area (TPSA) is 73.8 Å². The number of carbonyl (C=O) groups is 1. The van der Waals surface area contributed by atoms with Crippen molar-refractivity contribution in [2.75, 3.05) is 0 Å². The van der Waals surface area contributed by atoms with Gasteiger partial charge < -0.3 is 5.73 Å². The molecule has 0 unspecified atom stereocenters. The number of alkyl halides is 2. The van der Waals surface area contributed by atoms with E-state index >= 15 is 0 Å². The van der Waals surface area contributed by atoms with Gasteiger partial charge in [-0.15, -0.1) is 5.10 Å². The quantitative estimate of drug-likeness (QED) is 0.746. The van der Waals surface area contributed by atoms with Crippen molar-refractivity contribution >= 4 is 5.91 Å². The van der Waals surface area contributed by atoms with Crippen LogP contribution in [0.4, 0.5) is 8.78 Å². The fraction of sp³-hybridized carbons (Fsp3) is 0.700. The van der Waals surface area contributed by atoms with E-state index in [1.807, 2.05) is 0 Å². The van der Waals surface area contributed by atoms with Gasteiger partial charge in [0, 0.05) is 6.54 Å². The third-order valence-electron chi connectivity index (χ3n) is 2.44. The molecule has 1 aromatic heterocycles. The van der Waals surface area contributed by atoms with Crippen molar-refractivity contribution in [3.63, 3.8) is 0 Å². The molecule has 0 radical (unpaired) electrons. The van der Waals surface area contributed by atoms with Crippen molar-refractivity contribution in [1.82, 2.24) is 15.0 Å². The zero-order chi connectivity index (χ0) is 12.8. The monoisotopic (exact) mass is 246 g/mol. The van der Waals surface area contributed by atoms with Crippen molar-refractivity contribution in [3.05, 3.63) is 11.4 Å². The van der Waals surface area contributed by atoms with Crippen LogP contribution in [-0.2, 0) is 6.54 Å². The van der Waals surface area contributed by atoms with Gasteiger partial charge in [0.1, 0.15) is 5.69 Å². The van der Waals surface area contributed by atoms with Crippen molar-refractivity contribution in [2.45, 2.75) is 45.6 Å². The fourth-order valence-electron chi connectivity index (χ4n) is 1.57. The molecule has 0 fully saturated rings. The summed E-state index contributed by atoms with van der Waals surface area (Å²) in [6.45, 7) is 2.39. The number of hydrogen-bond donors (Lipinski definition) is 1. The van der Waals surface area contributed by atoms with Gasteiger partial charge in [0.05, 0.1) is 0 Å². The van der Waals surface area contributed by atoms with Crippen LogP contribution in [0.3, 0.4) is 0 Å². The molecule has 1 aromatic rings.